The highest BCUT2D eigenvalue weighted by atomic mass is 16.6. The molecule has 7 heteroatoms. The van der Waals surface area contributed by atoms with E-state index in [1.807, 2.05) is 42.5 Å². The topological polar surface area (TPSA) is 93.0 Å². The molecule has 0 fully saturated rings. The first kappa shape index (κ1) is 16.4. The predicted octanol–water partition coefficient (Wildman–Crippen LogP) is 3.61. The van der Waals surface area contributed by atoms with Gasteiger partial charge in [-0.1, -0.05) is 30.3 Å². The summed E-state index contributed by atoms with van der Waals surface area (Å²) < 4.78 is 0. The number of anilines is 2. The van der Waals surface area contributed by atoms with Crippen molar-refractivity contribution in [3.63, 3.8) is 0 Å². The van der Waals surface area contributed by atoms with Crippen molar-refractivity contribution < 1.29 is 4.92 Å². The highest BCUT2D eigenvalue weighted by Crippen LogP contribution is 2.24. The van der Waals surface area contributed by atoms with Gasteiger partial charge in [0.05, 0.1) is 4.92 Å². The number of nitro groups is 1. The lowest BCUT2D eigenvalue weighted by atomic mass is 10.2. The second kappa shape index (κ2) is 7.87. The van der Waals surface area contributed by atoms with Gasteiger partial charge in [0.2, 0.25) is 5.82 Å². The number of hydrogen-bond acceptors (Lipinski definition) is 6. The number of pyridine rings is 2. The molecule has 0 spiro atoms. The molecular formula is C18H17N5O2. The first-order chi connectivity index (χ1) is 12.2. The molecule has 126 valence electrons. The zero-order chi connectivity index (χ0) is 17.5. The van der Waals surface area contributed by atoms with E-state index in [0.717, 1.165) is 11.1 Å². The van der Waals surface area contributed by atoms with E-state index < -0.39 is 4.92 Å². The number of hydrogen-bond donors (Lipinski definition) is 2. The van der Waals surface area contributed by atoms with E-state index >= 15 is 0 Å². The van der Waals surface area contributed by atoms with Crippen molar-refractivity contribution in [2.75, 3.05) is 10.6 Å². The number of rotatable bonds is 7. The molecule has 0 atom stereocenters. The maximum absolute atomic E-state index is 11.2. The fourth-order valence-corrected chi connectivity index (χ4v) is 2.30. The molecule has 7 nitrogen and oxygen atoms in total. The third-order valence-corrected chi connectivity index (χ3v) is 3.60. The molecule has 0 amide bonds. The third-order valence-electron chi connectivity index (χ3n) is 3.60. The maximum Gasteiger partial charge on any atom is 0.311 e. The lowest BCUT2D eigenvalue weighted by Crippen LogP contribution is -2.07. The Morgan fingerprint density at radius 1 is 0.880 bits per heavy atom. The summed E-state index contributed by atoms with van der Waals surface area (Å²) in [4.78, 5) is 19.1. The normalized spacial score (nSPS) is 10.2. The molecule has 2 N–H and O–H groups in total. The van der Waals surface area contributed by atoms with Gasteiger partial charge in [-0.25, -0.2) is 4.98 Å². The Bertz CT molecular complexity index is 841. The smallest absolute Gasteiger partial charge is 0.311 e. The van der Waals surface area contributed by atoms with E-state index in [4.69, 9.17) is 0 Å². The molecule has 2 aromatic heterocycles. The summed E-state index contributed by atoms with van der Waals surface area (Å²) in [6, 6.07) is 16.6. The summed E-state index contributed by atoms with van der Waals surface area (Å²) >= 11 is 0. The minimum absolute atomic E-state index is 0.0562. The number of nitrogens with one attached hydrogen (secondary N) is 2. The molecule has 0 aliphatic carbocycles. The second-order valence-corrected chi connectivity index (χ2v) is 5.37. The summed E-state index contributed by atoms with van der Waals surface area (Å²) in [5, 5.41) is 17.4. The zero-order valence-electron chi connectivity index (χ0n) is 13.4. The van der Waals surface area contributed by atoms with Crippen LogP contribution in [0.15, 0.2) is 67.0 Å². The summed E-state index contributed by atoms with van der Waals surface area (Å²) in [5.41, 5.74) is 2.02. The molecule has 0 unspecified atom stereocenters. The molecular weight excluding hydrogens is 318 g/mol. The lowest BCUT2D eigenvalue weighted by Gasteiger charge is -2.10. The van der Waals surface area contributed by atoms with Crippen LogP contribution in [-0.4, -0.2) is 14.9 Å². The average molecular weight is 335 g/mol. The Hall–Kier alpha value is -3.48. The van der Waals surface area contributed by atoms with Crippen molar-refractivity contribution in [1.82, 2.24) is 9.97 Å². The van der Waals surface area contributed by atoms with E-state index in [0.29, 0.717) is 18.9 Å². The Kier molecular flexibility index (Phi) is 5.16. The van der Waals surface area contributed by atoms with Crippen LogP contribution >= 0.6 is 0 Å². The van der Waals surface area contributed by atoms with Crippen molar-refractivity contribution in [1.29, 1.82) is 0 Å². The molecule has 0 bridgehead atoms. The van der Waals surface area contributed by atoms with Gasteiger partial charge in [-0.15, -0.1) is 0 Å². The number of nitrogens with zero attached hydrogens (tertiary/aromatic N) is 3. The van der Waals surface area contributed by atoms with Gasteiger partial charge in [0.15, 0.2) is 0 Å². The summed E-state index contributed by atoms with van der Waals surface area (Å²) in [6.45, 7) is 1.02. The quantitative estimate of drug-likeness (QED) is 0.506. The van der Waals surface area contributed by atoms with Gasteiger partial charge in [-0.3, -0.25) is 15.1 Å². The van der Waals surface area contributed by atoms with Gasteiger partial charge in [0, 0.05) is 31.5 Å². The molecule has 25 heavy (non-hydrogen) atoms. The van der Waals surface area contributed by atoms with E-state index in [2.05, 4.69) is 20.6 Å². The molecule has 0 saturated heterocycles. The largest absolute Gasteiger partial charge is 0.366 e. The van der Waals surface area contributed by atoms with Crippen LogP contribution in [0.1, 0.15) is 11.1 Å². The van der Waals surface area contributed by atoms with Gasteiger partial charge in [-0.2, -0.15) is 0 Å². The number of benzene rings is 1. The van der Waals surface area contributed by atoms with Crippen molar-refractivity contribution >= 4 is 17.3 Å². The van der Waals surface area contributed by atoms with Gasteiger partial charge >= 0.3 is 5.69 Å². The predicted molar refractivity (Wildman–Crippen MR) is 96.2 cm³/mol. The van der Waals surface area contributed by atoms with Crippen LogP contribution in [0.4, 0.5) is 17.3 Å². The summed E-state index contributed by atoms with van der Waals surface area (Å²) in [7, 11) is 0. The van der Waals surface area contributed by atoms with Crippen LogP contribution in [-0.2, 0) is 13.1 Å². The van der Waals surface area contributed by atoms with Gasteiger partial charge in [0.1, 0.15) is 5.82 Å². The van der Waals surface area contributed by atoms with Crippen molar-refractivity contribution in [3.8, 4) is 0 Å². The molecule has 1 aromatic carbocycles. The fourth-order valence-electron chi connectivity index (χ4n) is 2.30. The molecule has 0 radical (unpaired) electrons. The minimum Gasteiger partial charge on any atom is -0.366 e. The fraction of sp³-hybridized carbons (Fsp3) is 0.111. The highest BCUT2D eigenvalue weighted by Gasteiger charge is 2.15. The zero-order valence-corrected chi connectivity index (χ0v) is 13.4. The SMILES string of the molecule is O=[N+]([O-])c1ccc(NCc2ccccc2)nc1NCc1ccncc1. The highest BCUT2D eigenvalue weighted by molar-refractivity contribution is 5.60. The Labute approximate surface area is 144 Å². The average Bonchev–Trinajstić information content (AvgIpc) is 2.66. The van der Waals surface area contributed by atoms with E-state index in [1.54, 1.807) is 18.5 Å². The summed E-state index contributed by atoms with van der Waals surface area (Å²) in [5.74, 6) is 0.812. The van der Waals surface area contributed by atoms with Crippen LogP contribution in [0.25, 0.3) is 0 Å². The third kappa shape index (κ3) is 4.51. The molecule has 3 aromatic rings. The molecule has 0 aliphatic rings. The van der Waals surface area contributed by atoms with E-state index in [1.165, 1.54) is 6.07 Å². The monoisotopic (exact) mass is 335 g/mol. The van der Waals surface area contributed by atoms with Crippen molar-refractivity contribution in [2.24, 2.45) is 0 Å². The van der Waals surface area contributed by atoms with Gasteiger partial charge < -0.3 is 10.6 Å². The van der Waals surface area contributed by atoms with Crippen LogP contribution in [0.5, 0.6) is 0 Å². The van der Waals surface area contributed by atoms with Gasteiger partial charge in [0.25, 0.3) is 0 Å². The first-order valence-corrected chi connectivity index (χ1v) is 7.78. The van der Waals surface area contributed by atoms with Crippen molar-refractivity contribution in [2.45, 2.75) is 13.1 Å². The second-order valence-electron chi connectivity index (χ2n) is 5.37. The van der Waals surface area contributed by atoms with Crippen LogP contribution in [0.3, 0.4) is 0 Å². The van der Waals surface area contributed by atoms with Crippen LogP contribution < -0.4 is 10.6 Å². The van der Waals surface area contributed by atoms with Crippen LogP contribution in [0, 0.1) is 10.1 Å². The standard InChI is InChI=1S/C18H17N5O2/c24-23(25)16-6-7-17(20-12-14-4-2-1-3-5-14)22-18(16)21-13-15-8-10-19-11-9-15/h1-11H,12-13H2,(H2,20,21,22). The van der Waals surface area contributed by atoms with Crippen LogP contribution in [0.2, 0.25) is 0 Å². The van der Waals surface area contributed by atoms with Crippen molar-refractivity contribution in [3.05, 3.63) is 88.2 Å². The van der Waals surface area contributed by atoms with E-state index in [9.17, 15) is 10.1 Å². The maximum atomic E-state index is 11.2. The number of aromatic nitrogens is 2. The lowest BCUT2D eigenvalue weighted by molar-refractivity contribution is -0.384. The van der Waals surface area contributed by atoms with Gasteiger partial charge in [-0.05, 0) is 29.3 Å². The Balaban J connectivity index is 1.73. The molecule has 0 aliphatic heterocycles. The Morgan fingerprint density at radius 2 is 1.56 bits per heavy atom. The molecule has 3 rings (SSSR count). The first-order valence-electron chi connectivity index (χ1n) is 7.78. The molecule has 0 saturated carbocycles. The summed E-state index contributed by atoms with van der Waals surface area (Å²) in [6.07, 6.45) is 3.35. The minimum atomic E-state index is -0.442. The molecule has 2 heterocycles. The van der Waals surface area contributed by atoms with E-state index in [-0.39, 0.29) is 11.5 Å². The Morgan fingerprint density at radius 3 is 2.28 bits per heavy atom.